The molecule has 2 aliphatic rings. The van der Waals surface area contributed by atoms with Crippen molar-refractivity contribution in [3.8, 4) is 0 Å². The Morgan fingerprint density at radius 3 is 2.15 bits per heavy atom. The number of nitrogens with one attached hydrogen (secondary N) is 1. The summed E-state index contributed by atoms with van der Waals surface area (Å²) in [6, 6.07) is 0.0381. The maximum atomic E-state index is 12.5. The predicted molar refractivity (Wildman–Crippen MR) is 74.4 cm³/mol. The van der Waals surface area contributed by atoms with Gasteiger partial charge in [-0.25, -0.2) is 13.1 Å². The van der Waals surface area contributed by atoms with Crippen molar-refractivity contribution >= 4 is 15.8 Å². The van der Waals surface area contributed by atoms with E-state index in [0.29, 0.717) is 11.8 Å². The number of sulfonamides is 1. The second kappa shape index (κ2) is 5.04. The first-order valence-corrected chi connectivity index (χ1v) is 8.71. The first kappa shape index (κ1) is 13.9. The highest BCUT2D eigenvalue weighted by molar-refractivity contribution is 7.89. The third kappa shape index (κ3) is 2.33. The fraction of sp³-hybridized carbons (Fsp3) is 0.769. The average Bonchev–Trinajstić information content (AvgIpc) is 2.52. The molecule has 0 aliphatic heterocycles. The fourth-order valence-electron chi connectivity index (χ4n) is 3.12. The van der Waals surface area contributed by atoms with Crippen LogP contribution in [0.5, 0.6) is 0 Å². The van der Waals surface area contributed by atoms with Crippen LogP contribution in [0.4, 0.5) is 5.82 Å². The molecule has 1 aromatic heterocycles. The molecule has 2 fully saturated rings. The van der Waals surface area contributed by atoms with E-state index >= 15 is 0 Å². The monoisotopic (exact) mass is 299 g/mol. The summed E-state index contributed by atoms with van der Waals surface area (Å²) >= 11 is 0. The summed E-state index contributed by atoms with van der Waals surface area (Å²) in [5, 5.41) is 3.53. The van der Waals surface area contributed by atoms with Crippen molar-refractivity contribution in [3.05, 3.63) is 5.76 Å². The Morgan fingerprint density at radius 1 is 1.25 bits per heavy atom. The van der Waals surface area contributed by atoms with E-state index in [0.717, 1.165) is 25.7 Å². The largest absolute Gasteiger partial charge is 0.380 e. The first-order chi connectivity index (χ1) is 9.49. The number of nitrogens with zero attached hydrogens (tertiary/aromatic N) is 1. The lowest BCUT2D eigenvalue weighted by molar-refractivity contribution is 0.140. The van der Waals surface area contributed by atoms with Gasteiger partial charge >= 0.3 is 0 Å². The Hall–Kier alpha value is -1.08. The molecule has 0 saturated heterocycles. The number of rotatable bonds is 5. The van der Waals surface area contributed by atoms with Gasteiger partial charge in [-0.1, -0.05) is 18.0 Å². The van der Waals surface area contributed by atoms with Crippen molar-refractivity contribution in [2.24, 2.45) is 11.8 Å². The van der Waals surface area contributed by atoms with Gasteiger partial charge in [-0.2, -0.15) is 0 Å². The number of nitrogen functional groups attached to an aromatic ring is 1. The Bertz CT molecular complexity index is 555. The van der Waals surface area contributed by atoms with Gasteiger partial charge in [0.1, 0.15) is 0 Å². The first-order valence-electron chi connectivity index (χ1n) is 7.23. The van der Waals surface area contributed by atoms with E-state index in [1.807, 2.05) is 0 Å². The summed E-state index contributed by atoms with van der Waals surface area (Å²) in [5.74, 6) is 1.12. The van der Waals surface area contributed by atoms with Crippen LogP contribution >= 0.6 is 0 Å². The molecule has 0 spiro atoms. The minimum absolute atomic E-state index is 0.00106. The highest BCUT2D eigenvalue weighted by Gasteiger charge is 2.39. The number of anilines is 1. The zero-order chi connectivity index (χ0) is 14.3. The van der Waals surface area contributed by atoms with Crippen LogP contribution in [-0.4, -0.2) is 19.6 Å². The van der Waals surface area contributed by atoms with Gasteiger partial charge in [0, 0.05) is 6.04 Å². The molecule has 0 radical (unpaired) electrons. The minimum Gasteiger partial charge on any atom is -0.380 e. The van der Waals surface area contributed by atoms with Crippen LogP contribution in [0.25, 0.3) is 0 Å². The molecule has 6 nitrogen and oxygen atoms in total. The van der Waals surface area contributed by atoms with E-state index in [1.165, 1.54) is 12.8 Å². The summed E-state index contributed by atoms with van der Waals surface area (Å²) in [7, 11) is -3.65. The third-order valence-electron chi connectivity index (χ3n) is 4.71. The van der Waals surface area contributed by atoms with Crippen molar-refractivity contribution in [2.75, 3.05) is 5.73 Å². The molecule has 3 N–H and O–H groups in total. The zero-order valence-corrected chi connectivity index (χ0v) is 12.4. The van der Waals surface area contributed by atoms with Crippen LogP contribution in [0, 0.1) is 18.8 Å². The lowest BCUT2D eigenvalue weighted by Gasteiger charge is -2.42. The van der Waals surface area contributed by atoms with Crippen LogP contribution in [0.1, 0.15) is 44.3 Å². The number of hydrogen-bond acceptors (Lipinski definition) is 5. The number of aryl methyl sites for hydroxylation is 1. The summed E-state index contributed by atoms with van der Waals surface area (Å²) in [5.41, 5.74) is 5.62. The summed E-state index contributed by atoms with van der Waals surface area (Å²) in [6.45, 7) is 1.57. The van der Waals surface area contributed by atoms with Gasteiger partial charge in [0.15, 0.2) is 16.5 Å². The van der Waals surface area contributed by atoms with Crippen LogP contribution in [0.15, 0.2) is 9.42 Å². The van der Waals surface area contributed by atoms with Gasteiger partial charge in [-0.3, -0.25) is 0 Å². The highest BCUT2D eigenvalue weighted by Crippen LogP contribution is 2.40. The van der Waals surface area contributed by atoms with Gasteiger partial charge in [0.2, 0.25) is 10.0 Å². The SMILES string of the molecule is Cc1onc(N)c1S(=O)(=O)NC(C1CCC1)C1CCC1. The average molecular weight is 299 g/mol. The van der Waals surface area contributed by atoms with Gasteiger partial charge in [0.05, 0.1) is 0 Å². The molecule has 0 bridgehead atoms. The Morgan fingerprint density at radius 2 is 1.80 bits per heavy atom. The molecule has 0 amide bonds. The highest BCUT2D eigenvalue weighted by atomic mass is 32.2. The molecule has 0 unspecified atom stereocenters. The molecule has 0 atom stereocenters. The van der Waals surface area contributed by atoms with Crippen molar-refractivity contribution in [2.45, 2.75) is 56.4 Å². The summed E-state index contributed by atoms with van der Waals surface area (Å²) in [4.78, 5) is 0.00106. The zero-order valence-electron chi connectivity index (χ0n) is 11.6. The van der Waals surface area contributed by atoms with Crippen molar-refractivity contribution in [3.63, 3.8) is 0 Å². The van der Waals surface area contributed by atoms with Gasteiger partial charge < -0.3 is 10.3 Å². The smallest absolute Gasteiger partial charge is 0.248 e. The lowest BCUT2D eigenvalue weighted by atomic mass is 9.69. The molecule has 3 rings (SSSR count). The van der Waals surface area contributed by atoms with Crippen molar-refractivity contribution < 1.29 is 12.9 Å². The van der Waals surface area contributed by atoms with Crippen LogP contribution < -0.4 is 10.5 Å². The Kier molecular flexibility index (Phi) is 3.50. The molecular formula is C13H21N3O3S. The minimum atomic E-state index is -3.65. The molecule has 2 aliphatic carbocycles. The molecule has 112 valence electrons. The quantitative estimate of drug-likeness (QED) is 0.864. The number of hydrogen-bond donors (Lipinski definition) is 2. The van der Waals surface area contributed by atoms with Crippen molar-refractivity contribution in [1.82, 2.24) is 9.88 Å². The maximum absolute atomic E-state index is 12.5. The Labute approximate surface area is 119 Å². The summed E-state index contributed by atoms with van der Waals surface area (Å²) in [6.07, 6.45) is 6.85. The van der Waals surface area contributed by atoms with E-state index in [-0.39, 0.29) is 22.5 Å². The van der Waals surface area contributed by atoms with Gasteiger partial charge in [-0.05, 0) is 44.4 Å². The van der Waals surface area contributed by atoms with Crippen molar-refractivity contribution in [1.29, 1.82) is 0 Å². The molecular weight excluding hydrogens is 278 g/mol. The second-order valence-electron chi connectivity index (χ2n) is 5.98. The third-order valence-corrected chi connectivity index (χ3v) is 6.33. The topological polar surface area (TPSA) is 98.2 Å². The molecule has 1 aromatic rings. The van der Waals surface area contributed by atoms with Gasteiger partial charge in [-0.15, -0.1) is 0 Å². The van der Waals surface area contributed by atoms with Crippen LogP contribution in [0.3, 0.4) is 0 Å². The van der Waals surface area contributed by atoms with E-state index in [9.17, 15) is 8.42 Å². The van der Waals surface area contributed by atoms with E-state index in [4.69, 9.17) is 10.3 Å². The van der Waals surface area contributed by atoms with E-state index in [2.05, 4.69) is 9.88 Å². The van der Waals surface area contributed by atoms with Crippen LogP contribution in [-0.2, 0) is 10.0 Å². The standard InChI is InChI=1S/C13H21N3O3S/c1-8-12(13(14)15-19-8)20(17,18)16-11(9-4-2-5-9)10-6-3-7-10/h9-11,16H,2-7H2,1H3,(H2,14,15). The maximum Gasteiger partial charge on any atom is 0.248 e. The normalized spacial score (nSPS) is 20.9. The number of aromatic nitrogens is 1. The predicted octanol–water partition coefficient (Wildman–Crippen LogP) is 1.81. The summed E-state index contributed by atoms with van der Waals surface area (Å²) < 4.78 is 32.8. The van der Waals surface area contributed by atoms with Crippen LogP contribution in [0.2, 0.25) is 0 Å². The van der Waals surface area contributed by atoms with Gasteiger partial charge in [0.25, 0.3) is 0 Å². The number of nitrogens with two attached hydrogens (primary N) is 1. The molecule has 0 aromatic carbocycles. The van der Waals surface area contributed by atoms with E-state index in [1.54, 1.807) is 6.92 Å². The second-order valence-corrected chi connectivity index (χ2v) is 7.63. The fourth-order valence-corrected chi connectivity index (χ4v) is 4.71. The Balaban J connectivity index is 1.83. The molecule has 7 heteroatoms. The molecule has 2 saturated carbocycles. The molecule has 1 heterocycles. The molecule has 20 heavy (non-hydrogen) atoms. The van der Waals surface area contributed by atoms with E-state index < -0.39 is 10.0 Å². The lowest BCUT2D eigenvalue weighted by Crippen LogP contribution is -2.49.